The van der Waals surface area contributed by atoms with E-state index in [1.165, 1.54) is 13.0 Å². The highest BCUT2D eigenvalue weighted by molar-refractivity contribution is 5.69. The molecule has 1 aliphatic rings. The highest BCUT2D eigenvalue weighted by atomic mass is 35.5. The lowest BCUT2D eigenvalue weighted by Crippen LogP contribution is -3.00. The third kappa shape index (κ3) is 4.47. The summed E-state index contributed by atoms with van der Waals surface area (Å²) in [5.41, 5.74) is 0. The van der Waals surface area contributed by atoms with E-state index in [4.69, 9.17) is 5.11 Å². The Labute approximate surface area is 111 Å². The van der Waals surface area contributed by atoms with Gasteiger partial charge in [-0.25, -0.2) is 0 Å². The van der Waals surface area contributed by atoms with Crippen LogP contribution in [0.1, 0.15) is 33.1 Å². The van der Waals surface area contributed by atoms with Crippen molar-refractivity contribution in [3.05, 3.63) is 0 Å². The Balaban J connectivity index is 0.00000256. The average Bonchev–Trinajstić information content (AvgIpc) is 2.49. The van der Waals surface area contributed by atoms with Crippen molar-refractivity contribution in [3.8, 4) is 0 Å². The van der Waals surface area contributed by atoms with Gasteiger partial charge in [0.05, 0.1) is 33.1 Å². The maximum absolute atomic E-state index is 11.1. The lowest BCUT2D eigenvalue weighted by atomic mass is 9.84. The molecule has 1 N–H and O–H groups in total. The first-order valence-electron chi connectivity index (χ1n) is 6.44. The monoisotopic (exact) mass is 263 g/mol. The number of likely N-dealkylation sites (tertiary alicyclic amines) is 1. The van der Waals surface area contributed by atoms with E-state index in [0.717, 1.165) is 23.9 Å². The van der Waals surface area contributed by atoms with E-state index in [1.54, 1.807) is 0 Å². The normalized spacial score (nSPS) is 28.5. The average molecular weight is 264 g/mol. The van der Waals surface area contributed by atoms with Crippen LogP contribution in [-0.4, -0.2) is 42.7 Å². The van der Waals surface area contributed by atoms with Crippen LogP contribution >= 0.6 is 0 Å². The number of hydrogen-bond acceptors (Lipinski definition) is 1. The number of nitrogens with zero attached hydrogens (tertiary/aromatic N) is 1. The third-order valence-electron chi connectivity index (χ3n) is 4.08. The van der Waals surface area contributed by atoms with Crippen LogP contribution in [0.4, 0.5) is 0 Å². The number of rotatable bonds is 5. The Bertz CT molecular complexity index is 256. The van der Waals surface area contributed by atoms with Gasteiger partial charge in [-0.15, -0.1) is 0 Å². The van der Waals surface area contributed by atoms with E-state index in [0.29, 0.717) is 11.8 Å². The van der Waals surface area contributed by atoms with Crippen molar-refractivity contribution in [2.45, 2.75) is 33.1 Å². The molecule has 0 aromatic carbocycles. The predicted molar refractivity (Wildman–Crippen MR) is 65.1 cm³/mol. The second-order valence-corrected chi connectivity index (χ2v) is 5.91. The molecule has 3 atom stereocenters. The summed E-state index contributed by atoms with van der Waals surface area (Å²) >= 11 is 0. The van der Waals surface area contributed by atoms with Crippen LogP contribution in [0.5, 0.6) is 0 Å². The van der Waals surface area contributed by atoms with Crippen molar-refractivity contribution in [1.29, 1.82) is 0 Å². The van der Waals surface area contributed by atoms with E-state index in [-0.39, 0.29) is 18.3 Å². The van der Waals surface area contributed by atoms with Gasteiger partial charge in [-0.1, -0.05) is 13.8 Å². The summed E-state index contributed by atoms with van der Waals surface area (Å²) in [6.45, 7) is 6.55. The van der Waals surface area contributed by atoms with Crippen LogP contribution in [0, 0.1) is 17.8 Å². The Morgan fingerprint density at radius 3 is 2.24 bits per heavy atom. The van der Waals surface area contributed by atoms with Gasteiger partial charge in [0.25, 0.3) is 0 Å². The molecule has 1 heterocycles. The maximum Gasteiger partial charge on any atom is 0.306 e. The van der Waals surface area contributed by atoms with Gasteiger partial charge in [-0.3, -0.25) is 4.79 Å². The molecular formula is C13H26ClNO2. The van der Waals surface area contributed by atoms with Crippen LogP contribution in [-0.2, 0) is 4.79 Å². The second kappa shape index (κ2) is 6.60. The highest BCUT2D eigenvalue weighted by Gasteiger charge is 2.40. The molecule has 17 heavy (non-hydrogen) atoms. The first-order chi connectivity index (χ1) is 7.39. The highest BCUT2D eigenvalue weighted by Crippen LogP contribution is 2.34. The molecule has 4 heteroatoms. The van der Waals surface area contributed by atoms with Gasteiger partial charge in [0.2, 0.25) is 0 Å². The van der Waals surface area contributed by atoms with Crippen molar-refractivity contribution in [2.75, 3.05) is 27.2 Å². The lowest BCUT2D eigenvalue weighted by Gasteiger charge is -2.23. The van der Waals surface area contributed by atoms with Gasteiger partial charge in [0, 0.05) is 11.8 Å². The van der Waals surface area contributed by atoms with Gasteiger partial charge >= 0.3 is 5.97 Å². The molecule has 0 bridgehead atoms. The zero-order valence-electron chi connectivity index (χ0n) is 11.4. The van der Waals surface area contributed by atoms with E-state index in [2.05, 4.69) is 21.0 Å². The Morgan fingerprint density at radius 1 is 1.29 bits per heavy atom. The fraction of sp³-hybridized carbons (Fsp3) is 0.923. The van der Waals surface area contributed by atoms with Gasteiger partial charge in [-0.05, 0) is 19.3 Å². The molecule has 3 unspecified atom stereocenters. The molecule has 1 saturated heterocycles. The smallest absolute Gasteiger partial charge is 0.306 e. The molecule has 0 radical (unpaired) electrons. The summed E-state index contributed by atoms with van der Waals surface area (Å²) in [6.07, 6.45) is 2.81. The summed E-state index contributed by atoms with van der Waals surface area (Å²) in [5.74, 6) is 0.552. The fourth-order valence-electron chi connectivity index (χ4n) is 3.18. The molecule has 1 aliphatic heterocycles. The first-order valence-corrected chi connectivity index (χ1v) is 6.44. The molecule has 102 valence electrons. The standard InChI is InChI=1S/C13H25NO2.ClH/c1-5-10(13(15)16)7-12-9-14(3,4)8-11(12)6-2;/h10-12H,5-9H2,1-4H3;1H. The van der Waals surface area contributed by atoms with E-state index in [1.807, 2.05) is 6.92 Å². The van der Waals surface area contributed by atoms with Gasteiger partial charge in [0.1, 0.15) is 0 Å². The largest absolute Gasteiger partial charge is 1.00 e. The van der Waals surface area contributed by atoms with Crippen molar-refractivity contribution in [3.63, 3.8) is 0 Å². The maximum atomic E-state index is 11.1. The minimum atomic E-state index is -0.616. The predicted octanol–water partition coefficient (Wildman–Crippen LogP) is -0.776. The Kier molecular flexibility index (Phi) is 6.49. The molecular weight excluding hydrogens is 238 g/mol. The summed E-state index contributed by atoms with van der Waals surface area (Å²) in [7, 11) is 4.51. The lowest BCUT2D eigenvalue weighted by molar-refractivity contribution is -0.880. The van der Waals surface area contributed by atoms with E-state index < -0.39 is 5.97 Å². The zero-order chi connectivity index (χ0) is 12.3. The van der Waals surface area contributed by atoms with Gasteiger partial charge < -0.3 is 22.0 Å². The van der Waals surface area contributed by atoms with Crippen LogP contribution in [0.25, 0.3) is 0 Å². The molecule has 0 saturated carbocycles. The van der Waals surface area contributed by atoms with Crippen molar-refractivity contribution < 1.29 is 26.8 Å². The van der Waals surface area contributed by atoms with Crippen LogP contribution < -0.4 is 12.4 Å². The molecule has 0 amide bonds. The molecule has 0 aromatic heterocycles. The Morgan fingerprint density at radius 2 is 1.82 bits per heavy atom. The molecule has 0 spiro atoms. The van der Waals surface area contributed by atoms with Crippen molar-refractivity contribution in [1.82, 2.24) is 0 Å². The van der Waals surface area contributed by atoms with Crippen LogP contribution in [0.3, 0.4) is 0 Å². The molecule has 0 aromatic rings. The summed E-state index contributed by atoms with van der Waals surface area (Å²) in [5, 5.41) is 9.12. The van der Waals surface area contributed by atoms with Crippen LogP contribution in [0.15, 0.2) is 0 Å². The number of quaternary nitrogens is 1. The number of carboxylic acids is 1. The molecule has 1 rings (SSSR count). The topological polar surface area (TPSA) is 37.3 Å². The van der Waals surface area contributed by atoms with E-state index in [9.17, 15) is 4.79 Å². The van der Waals surface area contributed by atoms with Crippen molar-refractivity contribution in [2.24, 2.45) is 17.8 Å². The van der Waals surface area contributed by atoms with Gasteiger partial charge in [-0.2, -0.15) is 0 Å². The second-order valence-electron chi connectivity index (χ2n) is 5.91. The number of halogens is 1. The zero-order valence-corrected chi connectivity index (χ0v) is 12.2. The quantitative estimate of drug-likeness (QED) is 0.661. The van der Waals surface area contributed by atoms with Crippen LogP contribution in [0.2, 0.25) is 0 Å². The molecule has 0 aliphatic carbocycles. The minimum absolute atomic E-state index is 0. The third-order valence-corrected chi connectivity index (χ3v) is 4.08. The van der Waals surface area contributed by atoms with E-state index >= 15 is 0 Å². The molecule has 1 fully saturated rings. The summed E-state index contributed by atoms with van der Waals surface area (Å²) in [6, 6.07) is 0. The summed E-state index contributed by atoms with van der Waals surface area (Å²) in [4.78, 5) is 11.1. The number of carboxylic acid groups (broad SMARTS) is 1. The first kappa shape index (κ1) is 16.7. The fourth-order valence-corrected chi connectivity index (χ4v) is 3.18. The number of hydrogen-bond donors (Lipinski definition) is 1. The SMILES string of the molecule is CCC(CC1C[N+](C)(C)CC1CC)C(=O)O.[Cl-]. The van der Waals surface area contributed by atoms with Gasteiger partial charge in [0.15, 0.2) is 0 Å². The minimum Gasteiger partial charge on any atom is -1.00 e. The summed E-state index contributed by atoms with van der Waals surface area (Å²) < 4.78 is 1.05. The number of carbonyl (C=O) groups is 1. The van der Waals surface area contributed by atoms with Crippen molar-refractivity contribution >= 4 is 5.97 Å². The Hall–Kier alpha value is -0.280. The number of aliphatic carboxylic acids is 1. The molecule has 3 nitrogen and oxygen atoms in total.